The van der Waals surface area contributed by atoms with Crippen LogP contribution in [0.2, 0.25) is 0 Å². The molecule has 3 nitrogen and oxygen atoms in total. The topological polar surface area (TPSA) is 38.0 Å². The van der Waals surface area contributed by atoms with E-state index in [2.05, 4.69) is 5.10 Å². The van der Waals surface area contributed by atoms with E-state index in [1.165, 1.54) is 0 Å². The smallest absolute Gasteiger partial charge is 0.0919 e. The minimum absolute atomic E-state index is 0.576. The second kappa shape index (κ2) is 2.36. The molecule has 0 amide bonds. The number of fused-ring (bicyclic) bond motifs is 1. The molecule has 0 spiro atoms. The van der Waals surface area contributed by atoms with Crippen LogP contribution in [0.1, 0.15) is 18.4 Å². The molecule has 1 N–H and O–H groups in total. The van der Waals surface area contributed by atoms with Crippen LogP contribution in [0.5, 0.6) is 0 Å². The second-order valence-electron chi connectivity index (χ2n) is 4.04. The first kappa shape index (κ1) is 8.00. The fourth-order valence-corrected chi connectivity index (χ4v) is 2.00. The van der Waals surface area contributed by atoms with Gasteiger partial charge in [0, 0.05) is 18.0 Å². The molecule has 1 aromatic carbocycles. The number of hydrogen-bond acceptors (Lipinski definition) is 2. The van der Waals surface area contributed by atoms with Crippen molar-refractivity contribution in [1.82, 2.24) is 9.78 Å². The van der Waals surface area contributed by atoms with E-state index >= 15 is 0 Å². The van der Waals surface area contributed by atoms with E-state index in [4.69, 9.17) is 0 Å². The van der Waals surface area contributed by atoms with Crippen molar-refractivity contribution >= 4 is 10.9 Å². The summed E-state index contributed by atoms with van der Waals surface area (Å²) < 4.78 is 1.83. The molecule has 1 fully saturated rings. The van der Waals surface area contributed by atoms with E-state index in [0.717, 1.165) is 29.3 Å². The monoisotopic (exact) mass is 188 g/mol. The Morgan fingerprint density at radius 2 is 2.21 bits per heavy atom. The number of benzene rings is 1. The molecule has 2 aromatic rings. The largest absolute Gasteiger partial charge is 0.385 e. The van der Waals surface area contributed by atoms with Crippen molar-refractivity contribution in [3.05, 3.63) is 30.0 Å². The predicted octanol–water partition coefficient (Wildman–Crippen LogP) is 1.55. The van der Waals surface area contributed by atoms with Crippen LogP contribution in [-0.2, 0) is 12.6 Å². The summed E-state index contributed by atoms with van der Waals surface area (Å²) in [6.45, 7) is 0. The highest BCUT2D eigenvalue weighted by molar-refractivity contribution is 5.83. The van der Waals surface area contributed by atoms with Crippen molar-refractivity contribution in [2.45, 2.75) is 18.4 Å². The van der Waals surface area contributed by atoms with Crippen LogP contribution in [0.25, 0.3) is 10.9 Å². The quantitative estimate of drug-likeness (QED) is 0.737. The number of hydrogen-bond donors (Lipinski definition) is 1. The van der Waals surface area contributed by atoms with Crippen LogP contribution in [0.4, 0.5) is 0 Å². The second-order valence-corrected chi connectivity index (χ2v) is 4.04. The first-order valence-electron chi connectivity index (χ1n) is 4.84. The van der Waals surface area contributed by atoms with Gasteiger partial charge in [-0.3, -0.25) is 4.68 Å². The van der Waals surface area contributed by atoms with Crippen molar-refractivity contribution in [2.75, 3.05) is 0 Å². The number of aliphatic hydroxyl groups is 1. The fraction of sp³-hybridized carbons (Fsp3) is 0.364. The standard InChI is InChI=1S/C11H12N2O/c1-13-10-8(7-12-13)3-2-4-9(10)11(14)5-6-11/h2-4,7,14H,5-6H2,1H3. The lowest BCUT2D eigenvalue weighted by molar-refractivity contribution is 0.152. The van der Waals surface area contributed by atoms with Gasteiger partial charge in [0.05, 0.1) is 17.3 Å². The van der Waals surface area contributed by atoms with E-state index in [-0.39, 0.29) is 0 Å². The molecule has 0 aliphatic heterocycles. The van der Waals surface area contributed by atoms with Crippen LogP contribution in [0.3, 0.4) is 0 Å². The summed E-state index contributed by atoms with van der Waals surface area (Å²) in [7, 11) is 1.91. The molecule has 1 aliphatic rings. The Morgan fingerprint density at radius 3 is 2.93 bits per heavy atom. The van der Waals surface area contributed by atoms with Gasteiger partial charge >= 0.3 is 0 Å². The minimum Gasteiger partial charge on any atom is -0.385 e. The summed E-state index contributed by atoms with van der Waals surface area (Å²) in [4.78, 5) is 0. The fourth-order valence-electron chi connectivity index (χ4n) is 2.00. The zero-order valence-electron chi connectivity index (χ0n) is 8.07. The Morgan fingerprint density at radius 1 is 1.43 bits per heavy atom. The Bertz CT molecular complexity index is 497. The highest BCUT2D eigenvalue weighted by atomic mass is 16.3. The molecule has 1 aromatic heterocycles. The summed E-state index contributed by atoms with van der Waals surface area (Å²) in [6, 6.07) is 6.00. The van der Waals surface area contributed by atoms with Crippen LogP contribution in [0.15, 0.2) is 24.4 Å². The van der Waals surface area contributed by atoms with Crippen LogP contribution < -0.4 is 0 Å². The molecule has 0 saturated heterocycles. The first-order chi connectivity index (χ1) is 6.71. The minimum atomic E-state index is -0.576. The van der Waals surface area contributed by atoms with Crippen LogP contribution >= 0.6 is 0 Å². The number of rotatable bonds is 1. The lowest BCUT2D eigenvalue weighted by Gasteiger charge is -2.10. The zero-order valence-corrected chi connectivity index (χ0v) is 8.07. The van der Waals surface area contributed by atoms with Crippen molar-refractivity contribution in [3.8, 4) is 0 Å². The maximum Gasteiger partial charge on any atom is 0.0919 e. The van der Waals surface area contributed by atoms with Gasteiger partial charge in [-0.2, -0.15) is 5.10 Å². The molecule has 0 radical (unpaired) electrons. The highest BCUT2D eigenvalue weighted by Gasteiger charge is 2.43. The molecule has 72 valence electrons. The molecular formula is C11H12N2O. The summed E-state index contributed by atoms with van der Waals surface area (Å²) in [6.07, 6.45) is 3.58. The Labute approximate surface area is 82.0 Å². The molecule has 1 heterocycles. The van der Waals surface area contributed by atoms with Crippen molar-refractivity contribution in [3.63, 3.8) is 0 Å². The van der Waals surface area contributed by atoms with E-state index < -0.39 is 5.60 Å². The predicted molar refractivity (Wildman–Crippen MR) is 53.8 cm³/mol. The maximum absolute atomic E-state index is 10.1. The Hall–Kier alpha value is -1.35. The molecule has 3 rings (SSSR count). The highest BCUT2D eigenvalue weighted by Crippen LogP contribution is 2.47. The first-order valence-corrected chi connectivity index (χ1v) is 4.84. The van der Waals surface area contributed by atoms with Gasteiger partial charge in [0.15, 0.2) is 0 Å². The van der Waals surface area contributed by atoms with Crippen molar-refractivity contribution in [2.24, 2.45) is 7.05 Å². The molecule has 3 heteroatoms. The summed E-state index contributed by atoms with van der Waals surface area (Å²) in [5.41, 5.74) is 1.51. The van der Waals surface area contributed by atoms with E-state index in [1.54, 1.807) is 0 Å². The third kappa shape index (κ3) is 0.930. The Kier molecular flexibility index (Phi) is 1.35. The Balaban J connectivity index is 2.37. The lowest BCUT2D eigenvalue weighted by atomic mass is 10.0. The van der Waals surface area contributed by atoms with Gasteiger partial charge in [0.2, 0.25) is 0 Å². The maximum atomic E-state index is 10.1. The van der Waals surface area contributed by atoms with E-state index in [0.29, 0.717) is 0 Å². The van der Waals surface area contributed by atoms with Gasteiger partial charge in [0.25, 0.3) is 0 Å². The number of nitrogens with zero attached hydrogens (tertiary/aromatic N) is 2. The van der Waals surface area contributed by atoms with Gasteiger partial charge < -0.3 is 5.11 Å². The number of aryl methyl sites for hydroxylation is 1. The third-order valence-corrected chi connectivity index (χ3v) is 2.99. The van der Waals surface area contributed by atoms with Gasteiger partial charge in [-0.15, -0.1) is 0 Å². The zero-order chi connectivity index (χ0) is 9.76. The molecule has 1 aliphatic carbocycles. The van der Waals surface area contributed by atoms with Gasteiger partial charge in [-0.25, -0.2) is 0 Å². The third-order valence-electron chi connectivity index (χ3n) is 2.99. The van der Waals surface area contributed by atoms with E-state index in [1.807, 2.05) is 36.1 Å². The summed E-state index contributed by atoms with van der Waals surface area (Å²) >= 11 is 0. The molecular weight excluding hydrogens is 176 g/mol. The number of aromatic nitrogens is 2. The van der Waals surface area contributed by atoms with Crippen LogP contribution in [0, 0.1) is 0 Å². The van der Waals surface area contributed by atoms with Gasteiger partial charge in [-0.05, 0) is 12.8 Å². The number of para-hydroxylation sites is 1. The molecule has 0 atom stereocenters. The summed E-state index contributed by atoms with van der Waals surface area (Å²) in [5.74, 6) is 0. The molecule has 0 unspecified atom stereocenters. The lowest BCUT2D eigenvalue weighted by Crippen LogP contribution is -2.06. The van der Waals surface area contributed by atoms with Crippen LogP contribution in [-0.4, -0.2) is 14.9 Å². The average molecular weight is 188 g/mol. The van der Waals surface area contributed by atoms with Gasteiger partial charge in [0.1, 0.15) is 0 Å². The summed E-state index contributed by atoms with van der Waals surface area (Å²) in [5, 5.41) is 15.4. The molecule has 0 bridgehead atoms. The van der Waals surface area contributed by atoms with Crippen molar-refractivity contribution < 1.29 is 5.11 Å². The van der Waals surface area contributed by atoms with Gasteiger partial charge in [-0.1, -0.05) is 18.2 Å². The molecule has 1 saturated carbocycles. The molecule has 14 heavy (non-hydrogen) atoms. The van der Waals surface area contributed by atoms with E-state index in [9.17, 15) is 5.11 Å². The average Bonchev–Trinajstić information content (AvgIpc) is 2.83. The normalized spacial score (nSPS) is 18.7. The SMILES string of the molecule is Cn1ncc2cccc(C3(O)CC3)c21. The van der Waals surface area contributed by atoms with Crippen molar-refractivity contribution in [1.29, 1.82) is 0 Å².